The van der Waals surface area contributed by atoms with Crippen LogP contribution in [0.25, 0.3) is 0 Å². The molecule has 0 aliphatic rings. The van der Waals surface area contributed by atoms with Gasteiger partial charge in [0.25, 0.3) is 0 Å². The van der Waals surface area contributed by atoms with E-state index in [-0.39, 0.29) is 12.8 Å². The van der Waals surface area contributed by atoms with Gasteiger partial charge in [-0.25, -0.2) is 4.79 Å². The first-order chi connectivity index (χ1) is 10.3. The van der Waals surface area contributed by atoms with Crippen molar-refractivity contribution in [2.24, 2.45) is 0 Å². The number of nitrogens with one attached hydrogen (secondary N) is 2. The molecule has 0 radical (unpaired) electrons. The third-order valence-electron chi connectivity index (χ3n) is 3.11. The maximum atomic E-state index is 11.7. The molecule has 4 heteroatoms. The second kappa shape index (κ2) is 7.94. The molecule has 0 fully saturated rings. The molecule has 0 saturated carbocycles. The number of amides is 2. The lowest BCUT2D eigenvalue weighted by Crippen LogP contribution is -2.37. The molecule has 0 aliphatic heterocycles. The van der Waals surface area contributed by atoms with Crippen molar-refractivity contribution >= 4 is 6.03 Å². The first-order valence-electron chi connectivity index (χ1n) is 7.06. The van der Waals surface area contributed by atoms with Gasteiger partial charge >= 0.3 is 6.03 Å². The molecule has 0 saturated heterocycles. The molecular formula is C17H20N2O2. The van der Waals surface area contributed by atoms with E-state index in [1.54, 1.807) is 0 Å². The zero-order chi connectivity index (χ0) is 14.9. The minimum atomic E-state index is -0.243. The largest absolute Gasteiger partial charge is 0.473 e. The van der Waals surface area contributed by atoms with Gasteiger partial charge < -0.3 is 15.4 Å². The molecule has 2 amide bonds. The zero-order valence-corrected chi connectivity index (χ0v) is 12.1. The van der Waals surface area contributed by atoms with Gasteiger partial charge in [-0.3, -0.25) is 0 Å². The zero-order valence-electron chi connectivity index (χ0n) is 12.1. The highest BCUT2D eigenvalue weighted by atomic mass is 16.5. The molecule has 21 heavy (non-hydrogen) atoms. The summed E-state index contributed by atoms with van der Waals surface area (Å²) >= 11 is 0. The van der Waals surface area contributed by atoms with Gasteiger partial charge in [0.2, 0.25) is 0 Å². The number of benzene rings is 2. The van der Waals surface area contributed by atoms with E-state index in [1.807, 2.05) is 54.6 Å². The van der Waals surface area contributed by atoms with Gasteiger partial charge in [-0.05, 0) is 23.6 Å². The summed E-state index contributed by atoms with van der Waals surface area (Å²) in [5, 5.41) is 5.46. The van der Waals surface area contributed by atoms with Crippen molar-refractivity contribution in [3.63, 3.8) is 0 Å². The van der Waals surface area contributed by atoms with Crippen molar-refractivity contribution in [3.8, 4) is 5.75 Å². The van der Waals surface area contributed by atoms with Crippen LogP contribution in [0.2, 0.25) is 0 Å². The van der Waals surface area contributed by atoms with Gasteiger partial charge in [0.05, 0.1) is 0 Å². The number of hydrogen-bond donors (Lipinski definition) is 2. The topological polar surface area (TPSA) is 50.4 Å². The molecule has 0 spiro atoms. The van der Waals surface area contributed by atoms with Crippen LogP contribution in [0.15, 0.2) is 54.6 Å². The first kappa shape index (κ1) is 14.9. The highest BCUT2D eigenvalue weighted by Gasteiger charge is 2.02. The van der Waals surface area contributed by atoms with Crippen LogP contribution >= 0.6 is 0 Å². The molecule has 0 atom stereocenters. The van der Waals surface area contributed by atoms with Gasteiger partial charge in [0.1, 0.15) is 5.75 Å². The minimum absolute atomic E-state index is 0.150. The first-order valence-corrected chi connectivity index (χ1v) is 7.06. The Kier molecular flexibility index (Phi) is 5.64. The monoisotopic (exact) mass is 284 g/mol. The fourth-order valence-electron chi connectivity index (χ4n) is 1.96. The summed E-state index contributed by atoms with van der Waals surface area (Å²) in [6.45, 7) is 2.72. The lowest BCUT2D eigenvalue weighted by Gasteiger charge is -2.11. The standard InChI is InChI=1S/C17H20N2O2/c1-2-15-10-6-7-11-16(15)21-13-19-17(20)18-12-14-8-4-3-5-9-14/h3-11H,2,12-13H2,1H3,(H2,18,19,20). The van der Waals surface area contributed by atoms with E-state index in [9.17, 15) is 4.79 Å². The van der Waals surface area contributed by atoms with Crippen LogP contribution in [0.5, 0.6) is 5.75 Å². The molecule has 0 unspecified atom stereocenters. The van der Waals surface area contributed by atoms with E-state index in [0.29, 0.717) is 6.54 Å². The molecule has 0 heterocycles. The Hall–Kier alpha value is -2.49. The Morgan fingerprint density at radius 3 is 2.48 bits per heavy atom. The Morgan fingerprint density at radius 1 is 1.00 bits per heavy atom. The highest BCUT2D eigenvalue weighted by Crippen LogP contribution is 2.17. The van der Waals surface area contributed by atoms with Crippen LogP contribution in [-0.2, 0) is 13.0 Å². The van der Waals surface area contributed by atoms with Crippen molar-refractivity contribution < 1.29 is 9.53 Å². The van der Waals surface area contributed by atoms with Crippen LogP contribution in [-0.4, -0.2) is 12.8 Å². The molecule has 0 bridgehead atoms. The maximum Gasteiger partial charge on any atom is 0.317 e. The summed E-state index contributed by atoms with van der Waals surface area (Å²) < 4.78 is 5.58. The maximum absolute atomic E-state index is 11.7. The van der Waals surface area contributed by atoms with E-state index in [2.05, 4.69) is 17.6 Å². The second-order valence-corrected chi connectivity index (χ2v) is 4.60. The predicted molar refractivity (Wildman–Crippen MR) is 83.1 cm³/mol. The summed E-state index contributed by atoms with van der Waals surface area (Å²) in [7, 11) is 0. The van der Waals surface area contributed by atoms with Crippen LogP contribution < -0.4 is 15.4 Å². The Balaban J connectivity index is 1.72. The molecule has 2 aromatic carbocycles. The number of para-hydroxylation sites is 1. The second-order valence-electron chi connectivity index (χ2n) is 4.60. The molecule has 110 valence electrons. The summed E-state index contributed by atoms with van der Waals surface area (Å²) in [6, 6.07) is 17.3. The number of aryl methyl sites for hydroxylation is 1. The summed E-state index contributed by atoms with van der Waals surface area (Å²) in [5.41, 5.74) is 2.19. The molecule has 0 aliphatic carbocycles. The fraction of sp³-hybridized carbons (Fsp3) is 0.235. The van der Waals surface area contributed by atoms with Crippen molar-refractivity contribution in [3.05, 3.63) is 65.7 Å². The Bertz CT molecular complexity index is 570. The quantitative estimate of drug-likeness (QED) is 0.801. The smallest absolute Gasteiger partial charge is 0.317 e. The Labute approximate surface area is 125 Å². The number of ether oxygens (including phenoxy) is 1. The number of urea groups is 1. The van der Waals surface area contributed by atoms with Gasteiger partial charge in [-0.2, -0.15) is 0 Å². The normalized spacial score (nSPS) is 9.95. The SMILES string of the molecule is CCc1ccccc1OCNC(=O)NCc1ccccc1. The lowest BCUT2D eigenvalue weighted by atomic mass is 10.1. The Morgan fingerprint density at radius 2 is 1.71 bits per heavy atom. The molecule has 0 aromatic heterocycles. The van der Waals surface area contributed by atoms with Crippen molar-refractivity contribution in [1.29, 1.82) is 0 Å². The van der Waals surface area contributed by atoms with E-state index >= 15 is 0 Å². The molecule has 2 rings (SSSR count). The number of carbonyl (C=O) groups excluding carboxylic acids is 1. The molecule has 4 nitrogen and oxygen atoms in total. The van der Waals surface area contributed by atoms with Crippen LogP contribution in [0.4, 0.5) is 4.79 Å². The number of carbonyl (C=O) groups is 1. The highest BCUT2D eigenvalue weighted by molar-refractivity contribution is 5.73. The van der Waals surface area contributed by atoms with Gasteiger partial charge in [0.15, 0.2) is 6.73 Å². The van der Waals surface area contributed by atoms with E-state index in [1.165, 1.54) is 0 Å². The summed E-state index contributed by atoms with van der Waals surface area (Å²) in [6.07, 6.45) is 0.899. The summed E-state index contributed by atoms with van der Waals surface area (Å²) in [5.74, 6) is 0.809. The van der Waals surface area contributed by atoms with E-state index in [0.717, 1.165) is 23.3 Å². The van der Waals surface area contributed by atoms with E-state index < -0.39 is 0 Å². The van der Waals surface area contributed by atoms with Crippen molar-refractivity contribution in [1.82, 2.24) is 10.6 Å². The van der Waals surface area contributed by atoms with Gasteiger partial charge in [-0.1, -0.05) is 55.5 Å². The van der Waals surface area contributed by atoms with Crippen molar-refractivity contribution in [2.75, 3.05) is 6.73 Å². The lowest BCUT2D eigenvalue weighted by molar-refractivity contribution is 0.223. The van der Waals surface area contributed by atoms with E-state index in [4.69, 9.17) is 4.74 Å². The molecule has 2 aromatic rings. The molecule has 2 N–H and O–H groups in total. The average molecular weight is 284 g/mol. The van der Waals surface area contributed by atoms with Crippen LogP contribution in [0.3, 0.4) is 0 Å². The third kappa shape index (κ3) is 4.84. The number of hydrogen-bond acceptors (Lipinski definition) is 2. The number of rotatable bonds is 6. The average Bonchev–Trinajstić information content (AvgIpc) is 2.54. The van der Waals surface area contributed by atoms with Gasteiger partial charge in [0, 0.05) is 6.54 Å². The van der Waals surface area contributed by atoms with Gasteiger partial charge in [-0.15, -0.1) is 0 Å². The third-order valence-corrected chi connectivity index (χ3v) is 3.11. The predicted octanol–water partition coefficient (Wildman–Crippen LogP) is 3.08. The van der Waals surface area contributed by atoms with Crippen LogP contribution in [0.1, 0.15) is 18.1 Å². The molecular weight excluding hydrogens is 264 g/mol. The van der Waals surface area contributed by atoms with Crippen LogP contribution in [0, 0.1) is 0 Å². The van der Waals surface area contributed by atoms with Crippen molar-refractivity contribution in [2.45, 2.75) is 19.9 Å². The minimum Gasteiger partial charge on any atom is -0.473 e. The fourth-order valence-corrected chi connectivity index (χ4v) is 1.96. The summed E-state index contributed by atoms with van der Waals surface area (Å²) in [4.78, 5) is 11.7.